The minimum atomic E-state index is -0.0120. The highest BCUT2D eigenvalue weighted by atomic mass is 35.5. The van der Waals surface area contributed by atoms with Crippen LogP contribution >= 0.6 is 23.2 Å². The number of amides is 1. The molecule has 1 amide bonds. The number of carbonyl (C=O) groups is 1. The van der Waals surface area contributed by atoms with E-state index in [0.29, 0.717) is 29.6 Å². The van der Waals surface area contributed by atoms with Gasteiger partial charge in [-0.15, -0.1) is 0 Å². The number of carbonyl (C=O) groups excluding carboxylic acids is 1. The van der Waals surface area contributed by atoms with E-state index in [4.69, 9.17) is 32.7 Å². The fourth-order valence-corrected chi connectivity index (χ4v) is 3.70. The Morgan fingerprint density at radius 2 is 1.72 bits per heavy atom. The van der Waals surface area contributed by atoms with E-state index in [1.54, 1.807) is 31.4 Å². The number of rotatable bonds is 6. The Labute approximate surface area is 181 Å². The standard InChI is InChI=1S/C22H24Cl2N2O3/c1-28-20-14-17(13-19(24)22(20)29-2)5-8-21(27)26-11-9-25(10-12-26)15-16-3-6-18(23)7-4-16/h3-8,13-14H,9-12,15H2,1-2H3/b8-5+. The van der Waals surface area contributed by atoms with Crippen molar-refractivity contribution in [2.45, 2.75) is 6.54 Å². The molecule has 1 heterocycles. The second-order valence-electron chi connectivity index (χ2n) is 6.80. The molecule has 0 unspecified atom stereocenters. The van der Waals surface area contributed by atoms with Crippen molar-refractivity contribution >= 4 is 35.2 Å². The third-order valence-electron chi connectivity index (χ3n) is 4.88. The van der Waals surface area contributed by atoms with Crippen molar-refractivity contribution < 1.29 is 14.3 Å². The number of hydrogen-bond donors (Lipinski definition) is 0. The van der Waals surface area contributed by atoms with E-state index in [0.717, 1.165) is 30.2 Å². The van der Waals surface area contributed by atoms with Gasteiger partial charge >= 0.3 is 0 Å². The average Bonchev–Trinajstić information content (AvgIpc) is 2.73. The monoisotopic (exact) mass is 434 g/mol. The van der Waals surface area contributed by atoms with Gasteiger partial charge in [0.25, 0.3) is 0 Å². The summed E-state index contributed by atoms with van der Waals surface area (Å²) in [5.41, 5.74) is 2.00. The first-order chi connectivity index (χ1) is 14.0. The molecule has 3 rings (SSSR count). The Balaban J connectivity index is 1.55. The minimum Gasteiger partial charge on any atom is -0.493 e. The van der Waals surface area contributed by atoms with Gasteiger partial charge in [-0.3, -0.25) is 9.69 Å². The number of piperazine rings is 1. The van der Waals surface area contributed by atoms with Crippen molar-refractivity contribution in [2.24, 2.45) is 0 Å². The van der Waals surface area contributed by atoms with Crippen LogP contribution in [0, 0.1) is 0 Å². The fourth-order valence-electron chi connectivity index (χ4n) is 3.28. The molecule has 154 valence electrons. The molecular weight excluding hydrogens is 411 g/mol. The van der Waals surface area contributed by atoms with Crippen LogP contribution in [0.2, 0.25) is 10.0 Å². The molecule has 0 radical (unpaired) electrons. The maximum absolute atomic E-state index is 12.6. The van der Waals surface area contributed by atoms with Crippen LogP contribution in [0.3, 0.4) is 0 Å². The van der Waals surface area contributed by atoms with Crippen molar-refractivity contribution in [3.05, 3.63) is 63.6 Å². The molecule has 1 saturated heterocycles. The average molecular weight is 435 g/mol. The summed E-state index contributed by atoms with van der Waals surface area (Å²) in [6.45, 7) is 3.93. The number of ether oxygens (including phenoxy) is 2. The molecule has 0 spiro atoms. The normalized spacial score (nSPS) is 15.0. The second-order valence-corrected chi connectivity index (χ2v) is 7.64. The van der Waals surface area contributed by atoms with E-state index in [-0.39, 0.29) is 5.91 Å². The topological polar surface area (TPSA) is 42.0 Å². The van der Waals surface area contributed by atoms with Crippen LogP contribution in [-0.2, 0) is 11.3 Å². The van der Waals surface area contributed by atoms with Gasteiger partial charge in [-0.05, 0) is 41.5 Å². The molecule has 1 aliphatic rings. The van der Waals surface area contributed by atoms with Gasteiger partial charge in [0.1, 0.15) is 0 Å². The van der Waals surface area contributed by atoms with Gasteiger partial charge in [0.05, 0.1) is 19.2 Å². The Hall–Kier alpha value is -2.21. The quantitative estimate of drug-likeness (QED) is 0.633. The summed E-state index contributed by atoms with van der Waals surface area (Å²) in [4.78, 5) is 16.7. The lowest BCUT2D eigenvalue weighted by Gasteiger charge is -2.34. The van der Waals surface area contributed by atoms with E-state index in [1.165, 1.54) is 12.7 Å². The Bertz CT molecular complexity index is 876. The summed E-state index contributed by atoms with van der Waals surface area (Å²) in [7, 11) is 3.09. The van der Waals surface area contributed by atoms with E-state index in [2.05, 4.69) is 4.90 Å². The maximum Gasteiger partial charge on any atom is 0.246 e. The predicted molar refractivity (Wildman–Crippen MR) is 117 cm³/mol. The molecular formula is C22H24Cl2N2O3. The fraction of sp³-hybridized carbons (Fsp3) is 0.318. The molecule has 1 fully saturated rings. The van der Waals surface area contributed by atoms with Crippen LogP contribution in [0.4, 0.5) is 0 Å². The van der Waals surface area contributed by atoms with Crippen LogP contribution in [0.5, 0.6) is 11.5 Å². The van der Waals surface area contributed by atoms with E-state index in [1.807, 2.05) is 29.2 Å². The van der Waals surface area contributed by atoms with Gasteiger partial charge < -0.3 is 14.4 Å². The number of methoxy groups -OCH3 is 2. The molecule has 2 aromatic carbocycles. The van der Waals surface area contributed by atoms with Crippen LogP contribution in [-0.4, -0.2) is 56.1 Å². The number of benzene rings is 2. The second kappa shape index (κ2) is 10.0. The highest BCUT2D eigenvalue weighted by Gasteiger charge is 2.19. The first kappa shape index (κ1) is 21.5. The van der Waals surface area contributed by atoms with Crippen LogP contribution in [0.15, 0.2) is 42.5 Å². The molecule has 0 aromatic heterocycles. The summed E-state index contributed by atoms with van der Waals surface area (Å²) < 4.78 is 10.5. The zero-order valence-corrected chi connectivity index (χ0v) is 18.0. The van der Waals surface area contributed by atoms with Crippen LogP contribution in [0.25, 0.3) is 6.08 Å². The summed E-state index contributed by atoms with van der Waals surface area (Å²) in [6, 6.07) is 11.4. The molecule has 2 aromatic rings. The van der Waals surface area contributed by atoms with E-state index in [9.17, 15) is 4.79 Å². The summed E-state index contributed by atoms with van der Waals surface area (Å²) >= 11 is 12.2. The lowest BCUT2D eigenvalue weighted by molar-refractivity contribution is -0.127. The maximum atomic E-state index is 12.6. The molecule has 5 nitrogen and oxygen atoms in total. The molecule has 7 heteroatoms. The highest BCUT2D eigenvalue weighted by molar-refractivity contribution is 6.32. The third-order valence-corrected chi connectivity index (χ3v) is 5.41. The molecule has 0 bridgehead atoms. The van der Waals surface area contributed by atoms with Gasteiger partial charge in [0.2, 0.25) is 5.91 Å². The Kier molecular flexibility index (Phi) is 7.42. The van der Waals surface area contributed by atoms with Crippen molar-refractivity contribution in [3.8, 4) is 11.5 Å². The van der Waals surface area contributed by atoms with E-state index < -0.39 is 0 Å². The van der Waals surface area contributed by atoms with Crippen molar-refractivity contribution in [1.82, 2.24) is 9.80 Å². The summed E-state index contributed by atoms with van der Waals surface area (Å²) in [6.07, 6.45) is 3.32. The highest BCUT2D eigenvalue weighted by Crippen LogP contribution is 2.36. The molecule has 0 N–H and O–H groups in total. The van der Waals surface area contributed by atoms with Crippen LogP contribution < -0.4 is 9.47 Å². The number of nitrogens with zero attached hydrogens (tertiary/aromatic N) is 2. The Morgan fingerprint density at radius 1 is 1.03 bits per heavy atom. The number of halogens is 2. The van der Waals surface area contributed by atoms with Crippen molar-refractivity contribution in [3.63, 3.8) is 0 Å². The number of hydrogen-bond acceptors (Lipinski definition) is 4. The minimum absolute atomic E-state index is 0.0120. The van der Waals surface area contributed by atoms with Crippen LogP contribution in [0.1, 0.15) is 11.1 Å². The van der Waals surface area contributed by atoms with Crippen molar-refractivity contribution in [1.29, 1.82) is 0 Å². The first-order valence-electron chi connectivity index (χ1n) is 9.35. The Morgan fingerprint density at radius 3 is 2.34 bits per heavy atom. The van der Waals surface area contributed by atoms with Gasteiger partial charge in [-0.1, -0.05) is 35.3 Å². The van der Waals surface area contributed by atoms with Crippen molar-refractivity contribution in [2.75, 3.05) is 40.4 Å². The predicted octanol–water partition coefficient (Wildman–Crippen LogP) is 4.37. The zero-order valence-electron chi connectivity index (χ0n) is 16.5. The molecule has 0 saturated carbocycles. The summed E-state index contributed by atoms with van der Waals surface area (Å²) in [5.74, 6) is 0.999. The molecule has 1 aliphatic heterocycles. The zero-order chi connectivity index (χ0) is 20.8. The lowest BCUT2D eigenvalue weighted by Crippen LogP contribution is -2.47. The lowest BCUT2D eigenvalue weighted by atomic mass is 10.1. The first-order valence-corrected chi connectivity index (χ1v) is 10.1. The van der Waals surface area contributed by atoms with Gasteiger partial charge in [-0.2, -0.15) is 0 Å². The largest absolute Gasteiger partial charge is 0.493 e. The molecule has 0 atom stereocenters. The summed E-state index contributed by atoms with van der Waals surface area (Å²) in [5, 5.41) is 1.18. The van der Waals surface area contributed by atoms with Gasteiger partial charge in [-0.25, -0.2) is 0 Å². The van der Waals surface area contributed by atoms with Gasteiger partial charge in [0.15, 0.2) is 11.5 Å². The molecule has 29 heavy (non-hydrogen) atoms. The van der Waals surface area contributed by atoms with E-state index >= 15 is 0 Å². The molecule has 0 aliphatic carbocycles. The third kappa shape index (κ3) is 5.66. The SMILES string of the molecule is COc1cc(/C=C/C(=O)N2CCN(Cc3ccc(Cl)cc3)CC2)cc(Cl)c1OC. The smallest absolute Gasteiger partial charge is 0.246 e. The van der Waals surface area contributed by atoms with Gasteiger partial charge in [0, 0.05) is 43.8 Å².